The zero-order valence-corrected chi connectivity index (χ0v) is 6.71. The SMILES string of the molecule is C1=CSC2=C(C1)CNCC2. The Morgan fingerprint density at radius 2 is 2.50 bits per heavy atom. The van der Waals surface area contributed by atoms with Crippen LogP contribution < -0.4 is 5.32 Å². The van der Waals surface area contributed by atoms with E-state index in [9.17, 15) is 0 Å². The minimum Gasteiger partial charge on any atom is -0.313 e. The molecule has 0 spiro atoms. The zero-order valence-electron chi connectivity index (χ0n) is 5.89. The highest BCUT2D eigenvalue weighted by Crippen LogP contribution is 2.31. The fourth-order valence-electron chi connectivity index (χ4n) is 1.37. The fraction of sp³-hybridized carbons (Fsp3) is 0.500. The van der Waals surface area contributed by atoms with Crippen LogP contribution in [0.4, 0.5) is 0 Å². The summed E-state index contributed by atoms with van der Waals surface area (Å²) in [7, 11) is 0. The number of hydrogen-bond donors (Lipinski definition) is 1. The van der Waals surface area contributed by atoms with E-state index in [1.54, 1.807) is 10.5 Å². The van der Waals surface area contributed by atoms with Crippen LogP contribution in [0.3, 0.4) is 0 Å². The first-order chi connectivity index (χ1) is 4.97. The molecule has 2 rings (SSSR count). The summed E-state index contributed by atoms with van der Waals surface area (Å²) < 4.78 is 0. The largest absolute Gasteiger partial charge is 0.313 e. The lowest BCUT2D eigenvalue weighted by Crippen LogP contribution is -2.24. The van der Waals surface area contributed by atoms with Gasteiger partial charge in [0.25, 0.3) is 0 Å². The Labute approximate surface area is 65.6 Å². The van der Waals surface area contributed by atoms with Gasteiger partial charge in [-0.05, 0) is 35.3 Å². The third-order valence-electron chi connectivity index (χ3n) is 1.93. The molecule has 0 fully saturated rings. The molecule has 0 radical (unpaired) electrons. The maximum absolute atomic E-state index is 3.38. The van der Waals surface area contributed by atoms with Gasteiger partial charge >= 0.3 is 0 Å². The lowest BCUT2D eigenvalue weighted by atomic mass is 10.1. The summed E-state index contributed by atoms with van der Waals surface area (Å²) in [6, 6.07) is 0. The Morgan fingerprint density at radius 3 is 3.40 bits per heavy atom. The maximum Gasteiger partial charge on any atom is 0.0178 e. The fourth-order valence-corrected chi connectivity index (χ4v) is 2.26. The highest BCUT2D eigenvalue weighted by Gasteiger charge is 2.12. The van der Waals surface area contributed by atoms with Gasteiger partial charge < -0.3 is 5.32 Å². The number of allylic oxidation sites excluding steroid dienone is 1. The Hall–Kier alpha value is -0.210. The molecule has 0 saturated heterocycles. The average molecular weight is 153 g/mol. The van der Waals surface area contributed by atoms with Gasteiger partial charge in [0.05, 0.1) is 0 Å². The van der Waals surface area contributed by atoms with Crippen molar-refractivity contribution in [3.8, 4) is 0 Å². The van der Waals surface area contributed by atoms with E-state index in [0.717, 1.165) is 6.54 Å². The summed E-state index contributed by atoms with van der Waals surface area (Å²) in [6.45, 7) is 2.28. The van der Waals surface area contributed by atoms with E-state index in [4.69, 9.17) is 0 Å². The van der Waals surface area contributed by atoms with E-state index in [1.807, 2.05) is 11.8 Å². The quantitative estimate of drug-likeness (QED) is 0.570. The number of thioether (sulfide) groups is 1. The van der Waals surface area contributed by atoms with Crippen LogP contribution in [-0.2, 0) is 0 Å². The molecule has 10 heavy (non-hydrogen) atoms. The van der Waals surface area contributed by atoms with Crippen molar-refractivity contribution < 1.29 is 0 Å². The second kappa shape index (κ2) is 2.81. The smallest absolute Gasteiger partial charge is 0.0178 e. The first-order valence-electron chi connectivity index (χ1n) is 3.70. The van der Waals surface area contributed by atoms with Crippen molar-refractivity contribution in [2.24, 2.45) is 0 Å². The maximum atomic E-state index is 3.38. The molecule has 2 aliphatic rings. The summed E-state index contributed by atoms with van der Waals surface area (Å²) in [5.41, 5.74) is 1.61. The van der Waals surface area contributed by atoms with Crippen molar-refractivity contribution in [2.45, 2.75) is 12.8 Å². The average Bonchev–Trinajstić information content (AvgIpc) is 2.05. The molecule has 0 bridgehead atoms. The predicted molar refractivity (Wildman–Crippen MR) is 45.9 cm³/mol. The van der Waals surface area contributed by atoms with Gasteiger partial charge in [-0.1, -0.05) is 6.08 Å². The minimum absolute atomic E-state index is 1.12. The molecule has 2 heterocycles. The van der Waals surface area contributed by atoms with Crippen LogP contribution in [0.2, 0.25) is 0 Å². The van der Waals surface area contributed by atoms with Gasteiger partial charge in [0, 0.05) is 6.54 Å². The van der Waals surface area contributed by atoms with Crippen LogP contribution in [0.15, 0.2) is 22.0 Å². The van der Waals surface area contributed by atoms with Crippen LogP contribution in [0.1, 0.15) is 12.8 Å². The molecule has 0 aromatic rings. The summed E-state index contributed by atoms with van der Waals surface area (Å²) >= 11 is 1.91. The predicted octanol–water partition coefficient (Wildman–Crippen LogP) is 1.88. The van der Waals surface area contributed by atoms with Gasteiger partial charge in [0.2, 0.25) is 0 Å². The van der Waals surface area contributed by atoms with Crippen molar-refractivity contribution in [1.29, 1.82) is 0 Å². The Bertz CT molecular complexity index is 173. The van der Waals surface area contributed by atoms with E-state index in [-0.39, 0.29) is 0 Å². The lowest BCUT2D eigenvalue weighted by Gasteiger charge is -2.21. The second-order valence-corrected chi connectivity index (χ2v) is 3.65. The Kier molecular flexibility index (Phi) is 1.82. The first kappa shape index (κ1) is 6.50. The Balaban J connectivity index is 2.17. The lowest BCUT2D eigenvalue weighted by molar-refractivity contribution is 0.686. The van der Waals surface area contributed by atoms with Crippen LogP contribution in [0.25, 0.3) is 0 Å². The van der Waals surface area contributed by atoms with Gasteiger partial charge in [-0.15, -0.1) is 11.8 Å². The molecule has 2 heteroatoms. The first-order valence-corrected chi connectivity index (χ1v) is 4.58. The van der Waals surface area contributed by atoms with Crippen molar-refractivity contribution in [3.63, 3.8) is 0 Å². The summed E-state index contributed by atoms with van der Waals surface area (Å²) in [6.07, 6.45) is 4.66. The molecule has 0 aliphatic carbocycles. The molecule has 54 valence electrons. The van der Waals surface area contributed by atoms with Crippen molar-refractivity contribution in [2.75, 3.05) is 13.1 Å². The summed E-state index contributed by atoms with van der Waals surface area (Å²) in [5.74, 6) is 0. The van der Waals surface area contributed by atoms with Gasteiger partial charge in [-0.3, -0.25) is 0 Å². The Morgan fingerprint density at radius 1 is 1.50 bits per heavy atom. The number of rotatable bonds is 0. The summed E-state index contributed by atoms with van der Waals surface area (Å²) in [5, 5.41) is 5.59. The van der Waals surface area contributed by atoms with E-state index >= 15 is 0 Å². The molecule has 1 N–H and O–H groups in total. The van der Waals surface area contributed by atoms with Crippen LogP contribution in [0.5, 0.6) is 0 Å². The van der Waals surface area contributed by atoms with Crippen molar-refractivity contribution in [3.05, 3.63) is 22.0 Å². The topological polar surface area (TPSA) is 12.0 Å². The molecule has 2 aliphatic heterocycles. The van der Waals surface area contributed by atoms with Gasteiger partial charge in [0.15, 0.2) is 0 Å². The van der Waals surface area contributed by atoms with Gasteiger partial charge in [0.1, 0.15) is 0 Å². The van der Waals surface area contributed by atoms with Crippen LogP contribution in [0, 0.1) is 0 Å². The molecular formula is C8H11NS. The molecule has 0 amide bonds. The minimum atomic E-state index is 1.12. The summed E-state index contributed by atoms with van der Waals surface area (Å²) in [4.78, 5) is 1.61. The van der Waals surface area contributed by atoms with Gasteiger partial charge in [-0.25, -0.2) is 0 Å². The molecule has 0 aromatic heterocycles. The second-order valence-electron chi connectivity index (χ2n) is 2.65. The highest BCUT2D eigenvalue weighted by molar-refractivity contribution is 8.05. The molecule has 1 nitrogen and oxygen atoms in total. The third-order valence-corrected chi connectivity index (χ3v) is 3.04. The molecule has 0 aromatic carbocycles. The molecular weight excluding hydrogens is 142 g/mol. The molecule has 0 unspecified atom stereocenters. The standard InChI is InChI=1S/C8H11NS/c1-2-7-6-9-4-3-8(7)10-5-1/h1,5,9H,2-4,6H2. The zero-order chi connectivity index (χ0) is 6.81. The molecule has 0 atom stereocenters. The van der Waals surface area contributed by atoms with E-state index in [1.165, 1.54) is 19.4 Å². The van der Waals surface area contributed by atoms with E-state index in [2.05, 4.69) is 16.8 Å². The third kappa shape index (κ3) is 1.13. The van der Waals surface area contributed by atoms with Crippen LogP contribution >= 0.6 is 11.8 Å². The normalized spacial score (nSPS) is 24.8. The van der Waals surface area contributed by atoms with Crippen LogP contribution in [-0.4, -0.2) is 13.1 Å². The van der Waals surface area contributed by atoms with Crippen molar-refractivity contribution in [1.82, 2.24) is 5.32 Å². The monoisotopic (exact) mass is 153 g/mol. The van der Waals surface area contributed by atoms with Crippen molar-refractivity contribution >= 4 is 11.8 Å². The number of nitrogens with one attached hydrogen (secondary N) is 1. The van der Waals surface area contributed by atoms with E-state index < -0.39 is 0 Å². The highest BCUT2D eigenvalue weighted by atomic mass is 32.2. The van der Waals surface area contributed by atoms with Gasteiger partial charge in [-0.2, -0.15) is 0 Å². The van der Waals surface area contributed by atoms with E-state index in [0.29, 0.717) is 0 Å². The number of hydrogen-bond acceptors (Lipinski definition) is 2. The molecule has 0 saturated carbocycles.